The fraction of sp³-hybridized carbons (Fsp3) is 0.400. The van der Waals surface area contributed by atoms with Crippen molar-refractivity contribution in [2.24, 2.45) is 5.92 Å². The Morgan fingerprint density at radius 1 is 1.19 bits per heavy atom. The largest absolute Gasteiger partial charge is 0.467 e. The van der Waals surface area contributed by atoms with Crippen molar-refractivity contribution in [2.75, 3.05) is 12.9 Å². The van der Waals surface area contributed by atoms with Gasteiger partial charge in [-0.1, -0.05) is 55.9 Å². The number of hydrogen-bond donors (Lipinski definition) is 1. The highest BCUT2D eigenvalue weighted by molar-refractivity contribution is 7.99. The van der Waals surface area contributed by atoms with E-state index in [-0.39, 0.29) is 17.6 Å². The molecule has 7 heteroatoms. The maximum absolute atomic E-state index is 12.3. The Hall–Kier alpha value is -2.41. The van der Waals surface area contributed by atoms with Crippen LogP contribution in [0.4, 0.5) is 0 Å². The molecule has 27 heavy (non-hydrogen) atoms. The molecule has 1 amide bonds. The van der Waals surface area contributed by atoms with E-state index < -0.39 is 12.0 Å². The number of nitrogens with zero attached hydrogens (tertiary/aromatic N) is 2. The topological polar surface area (TPSA) is 81.2 Å². The highest BCUT2D eigenvalue weighted by Crippen LogP contribution is 2.21. The third-order valence-corrected chi connectivity index (χ3v) is 4.61. The summed E-state index contributed by atoms with van der Waals surface area (Å²) in [4.78, 5) is 33.0. The average molecular weight is 388 g/mol. The van der Waals surface area contributed by atoms with Crippen molar-refractivity contribution in [1.82, 2.24) is 15.3 Å². The summed E-state index contributed by atoms with van der Waals surface area (Å²) in [5.41, 5.74) is 2.65. The average Bonchev–Trinajstić information content (AvgIpc) is 2.65. The van der Waals surface area contributed by atoms with Gasteiger partial charge in [-0.3, -0.25) is 4.79 Å². The van der Waals surface area contributed by atoms with E-state index in [9.17, 15) is 9.59 Å². The second kappa shape index (κ2) is 10.1. The summed E-state index contributed by atoms with van der Waals surface area (Å²) in [5, 5.41) is 3.27. The number of ether oxygens (including phenoxy) is 1. The SMILES string of the molecule is COC(=O)C(CC(C)C)NC(=O)CSc1nc(C)cc(-c2ccccc2)n1. The van der Waals surface area contributed by atoms with Crippen LogP contribution in [0.5, 0.6) is 0 Å². The third kappa shape index (κ3) is 6.67. The molecule has 1 aromatic heterocycles. The zero-order valence-corrected chi connectivity index (χ0v) is 16.9. The van der Waals surface area contributed by atoms with Crippen LogP contribution in [0.3, 0.4) is 0 Å². The first-order chi connectivity index (χ1) is 12.9. The number of benzene rings is 1. The first-order valence-corrected chi connectivity index (χ1v) is 9.78. The number of carbonyl (C=O) groups is 2. The van der Waals surface area contributed by atoms with Crippen LogP contribution in [-0.4, -0.2) is 40.7 Å². The van der Waals surface area contributed by atoms with Crippen LogP contribution in [0.1, 0.15) is 26.0 Å². The molecule has 1 heterocycles. The van der Waals surface area contributed by atoms with Crippen molar-refractivity contribution in [3.8, 4) is 11.3 Å². The number of nitrogens with one attached hydrogen (secondary N) is 1. The summed E-state index contributed by atoms with van der Waals surface area (Å²) in [6.07, 6.45) is 0.530. The van der Waals surface area contributed by atoms with E-state index in [1.54, 1.807) is 0 Å². The predicted octanol–water partition coefficient (Wildman–Crippen LogP) is 3.25. The molecule has 144 valence electrons. The van der Waals surface area contributed by atoms with Crippen LogP contribution >= 0.6 is 11.8 Å². The van der Waals surface area contributed by atoms with Crippen molar-refractivity contribution in [3.05, 3.63) is 42.1 Å². The van der Waals surface area contributed by atoms with Gasteiger partial charge in [0.1, 0.15) is 6.04 Å². The van der Waals surface area contributed by atoms with Gasteiger partial charge in [0.2, 0.25) is 5.91 Å². The predicted molar refractivity (Wildman–Crippen MR) is 106 cm³/mol. The number of esters is 1. The summed E-state index contributed by atoms with van der Waals surface area (Å²) >= 11 is 1.25. The molecule has 1 aromatic carbocycles. The van der Waals surface area contributed by atoms with Crippen LogP contribution in [-0.2, 0) is 14.3 Å². The minimum absolute atomic E-state index is 0.128. The van der Waals surface area contributed by atoms with Crippen LogP contribution in [0.15, 0.2) is 41.6 Å². The van der Waals surface area contributed by atoms with Gasteiger partial charge < -0.3 is 10.1 Å². The van der Waals surface area contributed by atoms with Gasteiger partial charge in [-0.15, -0.1) is 0 Å². The molecule has 1 unspecified atom stereocenters. The minimum atomic E-state index is -0.638. The molecule has 2 rings (SSSR count). The fourth-order valence-electron chi connectivity index (χ4n) is 2.56. The van der Waals surface area contributed by atoms with Gasteiger partial charge >= 0.3 is 5.97 Å². The normalized spacial score (nSPS) is 11.9. The Morgan fingerprint density at radius 2 is 1.89 bits per heavy atom. The Labute approximate surface area is 164 Å². The number of carbonyl (C=O) groups excluding carboxylic acids is 2. The maximum Gasteiger partial charge on any atom is 0.328 e. The molecule has 0 aliphatic heterocycles. The molecular weight excluding hydrogens is 362 g/mol. The van der Waals surface area contributed by atoms with Gasteiger partial charge in [-0.25, -0.2) is 14.8 Å². The van der Waals surface area contributed by atoms with Crippen LogP contribution in [0.25, 0.3) is 11.3 Å². The lowest BCUT2D eigenvalue weighted by Crippen LogP contribution is -2.43. The van der Waals surface area contributed by atoms with E-state index in [0.717, 1.165) is 17.0 Å². The van der Waals surface area contributed by atoms with Crippen molar-refractivity contribution in [1.29, 1.82) is 0 Å². The number of aromatic nitrogens is 2. The molecular formula is C20H25N3O3S. The van der Waals surface area contributed by atoms with E-state index in [2.05, 4.69) is 15.3 Å². The second-order valence-corrected chi connectivity index (χ2v) is 7.55. The molecule has 0 fully saturated rings. The van der Waals surface area contributed by atoms with Crippen LogP contribution in [0.2, 0.25) is 0 Å². The summed E-state index contributed by atoms with van der Waals surface area (Å²) in [5.74, 6) is -0.290. The first-order valence-electron chi connectivity index (χ1n) is 8.80. The van der Waals surface area contributed by atoms with Gasteiger partial charge in [0.05, 0.1) is 18.6 Å². The van der Waals surface area contributed by atoms with Crippen molar-refractivity contribution in [3.63, 3.8) is 0 Å². The lowest BCUT2D eigenvalue weighted by atomic mass is 10.0. The van der Waals surface area contributed by atoms with Crippen molar-refractivity contribution in [2.45, 2.75) is 38.4 Å². The van der Waals surface area contributed by atoms with Crippen LogP contribution < -0.4 is 5.32 Å². The molecule has 6 nitrogen and oxygen atoms in total. The summed E-state index contributed by atoms with van der Waals surface area (Å²) in [6.45, 7) is 5.87. The number of amides is 1. The van der Waals surface area contributed by atoms with E-state index in [4.69, 9.17) is 4.74 Å². The van der Waals surface area contributed by atoms with Gasteiger partial charge in [0, 0.05) is 11.3 Å². The van der Waals surface area contributed by atoms with Gasteiger partial charge in [0.25, 0.3) is 0 Å². The van der Waals surface area contributed by atoms with Crippen molar-refractivity contribution < 1.29 is 14.3 Å². The Morgan fingerprint density at radius 3 is 2.52 bits per heavy atom. The zero-order chi connectivity index (χ0) is 19.8. The molecule has 0 aliphatic rings. The van der Waals surface area contributed by atoms with Gasteiger partial charge in [0.15, 0.2) is 5.16 Å². The highest BCUT2D eigenvalue weighted by Gasteiger charge is 2.22. The van der Waals surface area contributed by atoms with E-state index in [1.807, 2.05) is 57.2 Å². The maximum atomic E-state index is 12.3. The van der Waals surface area contributed by atoms with E-state index in [0.29, 0.717) is 11.6 Å². The minimum Gasteiger partial charge on any atom is -0.467 e. The monoisotopic (exact) mass is 387 g/mol. The van der Waals surface area contributed by atoms with Gasteiger partial charge in [-0.2, -0.15) is 0 Å². The Bertz CT molecular complexity index is 781. The number of rotatable bonds is 8. The molecule has 1 atom stereocenters. The molecule has 0 radical (unpaired) electrons. The summed E-state index contributed by atoms with van der Waals surface area (Å²) in [7, 11) is 1.32. The molecule has 0 saturated carbocycles. The second-order valence-electron chi connectivity index (χ2n) is 6.60. The number of methoxy groups -OCH3 is 1. The zero-order valence-electron chi connectivity index (χ0n) is 16.1. The van der Waals surface area contributed by atoms with E-state index >= 15 is 0 Å². The summed E-state index contributed by atoms with van der Waals surface area (Å²) in [6, 6.07) is 11.1. The van der Waals surface area contributed by atoms with Crippen molar-refractivity contribution >= 4 is 23.6 Å². The Kier molecular flexibility index (Phi) is 7.79. The number of aryl methyl sites for hydroxylation is 1. The van der Waals surface area contributed by atoms with Crippen LogP contribution in [0, 0.1) is 12.8 Å². The first kappa shape index (κ1) is 20.9. The summed E-state index contributed by atoms with van der Waals surface area (Å²) < 4.78 is 4.77. The standard InChI is InChI=1S/C20H25N3O3S/c1-13(2)10-17(19(25)26-4)22-18(24)12-27-20-21-14(3)11-16(23-20)15-8-6-5-7-9-15/h5-9,11,13,17H,10,12H2,1-4H3,(H,22,24). The quantitative estimate of drug-likeness (QED) is 0.425. The van der Waals surface area contributed by atoms with E-state index in [1.165, 1.54) is 18.9 Å². The highest BCUT2D eigenvalue weighted by atomic mass is 32.2. The molecule has 0 saturated heterocycles. The van der Waals surface area contributed by atoms with Gasteiger partial charge in [-0.05, 0) is 25.3 Å². The lowest BCUT2D eigenvalue weighted by molar-refractivity contribution is -0.145. The molecule has 1 N–H and O–H groups in total. The lowest BCUT2D eigenvalue weighted by Gasteiger charge is -2.18. The molecule has 0 spiro atoms. The third-order valence-electron chi connectivity index (χ3n) is 3.76. The molecule has 0 aliphatic carbocycles. The fourth-order valence-corrected chi connectivity index (χ4v) is 3.27. The number of hydrogen-bond acceptors (Lipinski definition) is 6. The smallest absolute Gasteiger partial charge is 0.328 e. The molecule has 2 aromatic rings. The number of thioether (sulfide) groups is 1. The molecule has 0 bridgehead atoms. The Balaban J connectivity index is 2.02.